The highest BCUT2D eigenvalue weighted by atomic mass is 32.2. The van der Waals surface area contributed by atoms with Gasteiger partial charge >= 0.3 is 0 Å². The summed E-state index contributed by atoms with van der Waals surface area (Å²) in [6.07, 6.45) is 2.78. The first-order chi connectivity index (χ1) is 10.6. The molecule has 3 rings (SSSR count). The fourth-order valence-electron chi connectivity index (χ4n) is 3.24. The molecule has 0 bridgehead atoms. The molecule has 2 aliphatic heterocycles. The van der Waals surface area contributed by atoms with Crippen LogP contribution in [0, 0.1) is 5.82 Å². The van der Waals surface area contributed by atoms with Gasteiger partial charge in [-0.3, -0.25) is 4.79 Å². The quantitative estimate of drug-likeness (QED) is 0.850. The number of amides is 1. The normalized spacial score (nSPS) is 24.7. The second kappa shape index (κ2) is 7.01. The van der Waals surface area contributed by atoms with E-state index in [0.717, 1.165) is 44.6 Å². The van der Waals surface area contributed by atoms with E-state index in [0.29, 0.717) is 6.04 Å². The molecule has 120 valence electrons. The Morgan fingerprint density at radius 1 is 1.32 bits per heavy atom. The van der Waals surface area contributed by atoms with Crippen LogP contribution in [-0.4, -0.2) is 41.9 Å². The van der Waals surface area contributed by atoms with E-state index in [9.17, 15) is 9.18 Å². The molecule has 2 fully saturated rings. The van der Waals surface area contributed by atoms with Gasteiger partial charge in [-0.05, 0) is 43.9 Å². The van der Waals surface area contributed by atoms with Crippen molar-refractivity contribution in [2.75, 3.05) is 19.8 Å². The van der Waals surface area contributed by atoms with Crippen molar-refractivity contribution in [1.82, 2.24) is 4.90 Å². The summed E-state index contributed by atoms with van der Waals surface area (Å²) in [6, 6.07) is 7.02. The molecule has 2 heterocycles. The third-order valence-electron chi connectivity index (χ3n) is 4.51. The van der Waals surface area contributed by atoms with Crippen molar-refractivity contribution in [3.8, 4) is 0 Å². The van der Waals surface area contributed by atoms with E-state index >= 15 is 0 Å². The summed E-state index contributed by atoms with van der Waals surface area (Å²) < 4.78 is 18.7. The summed E-state index contributed by atoms with van der Waals surface area (Å²) in [5.41, 5.74) is 0.947. The highest BCUT2D eigenvalue weighted by molar-refractivity contribution is 8.00. The van der Waals surface area contributed by atoms with Gasteiger partial charge in [0.1, 0.15) is 5.82 Å². The Kier molecular flexibility index (Phi) is 5.03. The van der Waals surface area contributed by atoms with Crippen LogP contribution in [0.15, 0.2) is 24.3 Å². The Balaban J connectivity index is 1.60. The maximum Gasteiger partial charge on any atom is 0.236 e. The van der Waals surface area contributed by atoms with E-state index in [1.165, 1.54) is 6.07 Å². The molecule has 0 aromatic heterocycles. The highest BCUT2D eigenvalue weighted by Crippen LogP contribution is 2.37. The fourth-order valence-corrected chi connectivity index (χ4v) is 4.53. The number of carbonyl (C=O) groups is 1. The first-order valence-electron chi connectivity index (χ1n) is 7.94. The van der Waals surface area contributed by atoms with Crippen LogP contribution >= 0.6 is 11.8 Å². The van der Waals surface area contributed by atoms with Gasteiger partial charge in [0.05, 0.1) is 5.25 Å². The second-order valence-corrected chi connectivity index (χ2v) is 7.53. The standard InChI is InChI=1S/C17H22FNO2S/c1-12(13-3-2-4-14(18)11-13)22-16-5-8-19(17(16)20)15-6-9-21-10-7-15/h2-4,11-12,15-16H,5-10H2,1H3/t12-,16-/m1/s1. The number of rotatable bonds is 4. The second-order valence-electron chi connectivity index (χ2n) is 5.99. The van der Waals surface area contributed by atoms with Crippen LogP contribution in [0.25, 0.3) is 0 Å². The lowest BCUT2D eigenvalue weighted by molar-refractivity contribution is -0.130. The molecular formula is C17H22FNO2S. The molecule has 3 nitrogen and oxygen atoms in total. The first-order valence-corrected chi connectivity index (χ1v) is 8.88. The third-order valence-corrected chi connectivity index (χ3v) is 5.96. The Bertz CT molecular complexity index is 533. The minimum Gasteiger partial charge on any atom is -0.381 e. The van der Waals surface area contributed by atoms with Crippen LogP contribution in [0.3, 0.4) is 0 Å². The third kappa shape index (κ3) is 3.46. The summed E-state index contributed by atoms with van der Waals surface area (Å²) in [5, 5.41) is 0.125. The zero-order chi connectivity index (χ0) is 15.5. The molecule has 22 heavy (non-hydrogen) atoms. The summed E-state index contributed by atoms with van der Waals surface area (Å²) >= 11 is 1.66. The number of benzene rings is 1. The molecule has 2 aliphatic rings. The Hall–Kier alpha value is -1.07. The molecule has 1 aromatic rings. The van der Waals surface area contributed by atoms with E-state index in [4.69, 9.17) is 4.74 Å². The molecule has 1 aromatic carbocycles. The van der Waals surface area contributed by atoms with E-state index in [-0.39, 0.29) is 22.2 Å². The number of thioether (sulfide) groups is 1. The number of hydrogen-bond acceptors (Lipinski definition) is 3. The van der Waals surface area contributed by atoms with Crippen molar-refractivity contribution >= 4 is 17.7 Å². The summed E-state index contributed by atoms with van der Waals surface area (Å²) in [7, 11) is 0. The van der Waals surface area contributed by atoms with Gasteiger partial charge in [-0.2, -0.15) is 0 Å². The van der Waals surface area contributed by atoms with Crippen molar-refractivity contribution in [1.29, 1.82) is 0 Å². The van der Waals surface area contributed by atoms with E-state index in [1.807, 2.05) is 17.9 Å². The maximum absolute atomic E-state index is 13.3. The lowest BCUT2D eigenvalue weighted by Gasteiger charge is -2.31. The molecule has 0 N–H and O–H groups in total. The lowest BCUT2D eigenvalue weighted by Crippen LogP contribution is -2.41. The van der Waals surface area contributed by atoms with E-state index in [1.54, 1.807) is 23.9 Å². The zero-order valence-corrected chi connectivity index (χ0v) is 13.7. The molecule has 0 aliphatic carbocycles. The van der Waals surface area contributed by atoms with Gasteiger partial charge in [0, 0.05) is 31.1 Å². The van der Waals surface area contributed by atoms with Gasteiger partial charge < -0.3 is 9.64 Å². The SMILES string of the molecule is C[C@@H](S[C@@H]1CCN(C2CCOCC2)C1=O)c1cccc(F)c1. The molecular weight excluding hydrogens is 301 g/mol. The number of hydrogen-bond donors (Lipinski definition) is 0. The topological polar surface area (TPSA) is 29.5 Å². The maximum atomic E-state index is 13.3. The molecule has 2 atom stereocenters. The summed E-state index contributed by atoms with van der Waals surface area (Å²) in [5.74, 6) is 0.0340. The average molecular weight is 323 g/mol. The zero-order valence-electron chi connectivity index (χ0n) is 12.8. The lowest BCUT2D eigenvalue weighted by atomic mass is 10.1. The van der Waals surface area contributed by atoms with Crippen molar-refractivity contribution < 1.29 is 13.9 Å². The molecule has 2 saturated heterocycles. The largest absolute Gasteiger partial charge is 0.381 e. The summed E-state index contributed by atoms with van der Waals surface area (Å²) in [4.78, 5) is 14.7. The predicted molar refractivity (Wildman–Crippen MR) is 86.4 cm³/mol. The molecule has 0 unspecified atom stereocenters. The molecule has 5 heteroatoms. The van der Waals surface area contributed by atoms with Crippen molar-refractivity contribution in [3.63, 3.8) is 0 Å². The Morgan fingerprint density at radius 2 is 2.09 bits per heavy atom. The summed E-state index contributed by atoms with van der Waals surface area (Å²) in [6.45, 7) is 4.40. The van der Waals surface area contributed by atoms with Crippen molar-refractivity contribution in [2.45, 2.75) is 42.7 Å². The van der Waals surface area contributed by atoms with Crippen LogP contribution in [0.1, 0.15) is 37.0 Å². The molecule has 1 amide bonds. The van der Waals surface area contributed by atoms with Crippen LogP contribution in [0.5, 0.6) is 0 Å². The van der Waals surface area contributed by atoms with Gasteiger partial charge in [0.2, 0.25) is 5.91 Å². The first kappa shape index (κ1) is 15.8. The minimum atomic E-state index is -0.216. The minimum absolute atomic E-state index is 0.00103. The monoisotopic (exact) mass is 323 g/mol. The number of halogens is 1. The van der Waals surface area contributed by atoms with Crippen molar-refractivity contribution in [2.24, 2.45) is 0 Å². The van der Waals surface area contributed by atoms with Crippen LogP contribution in [0.4, 0.5) is 4.39 Å². The number of ether oxygens (including phenoxy) is 1. The number of likely N-dealkylation sites (tertiary alicyclic amines) is 1. The fraction of sp³-hybridized carbons (Fsp3) is 0.588. The average Bonchev–Trinajstić information content (AvgIpc) is 2.89. The van der Waals surface area contributed by atoms with Gasteiger partial charge in [0.15, 0.2) is 0 Å². The van der Waals surface area contributed by atoms with Crippen molar-refractivity contribution in [3.05, 3.63) is 35.6 Å². The van der Waals surface area contributed by atoms with Crippen LogP contribution < -0.4 is 0 Å². The van der Waals surface area contributed by atoms with E-state index in [2.05, 4.69) is 0 Å². The highest BCUT2D eigenvalue weighted by Gasteiger charge is 2.37. The predicted octanol–water partition coefficient (Wildman–Crippen LogP) is 3.40. The van der Waals surface area contributed by atoms with Gasteiger partial charge in [-0.1, -0.05) is 12.1 Å². The molecule has 0 radical (unpaired) electrons. The van der Waals surface area contributed by atoms with Gasteiger partial charge in [0.25, 0.3) is 0 Å². The smallest absolute Gasteiger partial charge is 0.236 e. The molecule has 0 spiro atoms. The van der Waals surface area contributed by atoms with Gasteiger partial charge in [-0.25, -0.2) is 4.39 Å². The van der Waals surface area contributed by atoms with E-state index < -0.39 is 0 Å². The van der Waals surface area contributed by atoms with Crippen LogP contribution in [-0.2, 0) is 9.53 Å². The Labute approximate surface area is 135 Å². The van der Waals surface area contributed by atoms with Gasteiger partial charge in [-0.15, -0.1) is 11.8 Å². The Morgan fingerprint density at radius 3 is 2.82 bits per heavy atom. The molecule has 0 saturated carbocycles. The van der Waals surface area contributed by atoms with Crippen LogP contribution in [0.2, 0.25) is 0 Å². The number of carbonyl (C=O) groups excluding carboxylic acids is 1. The number of nitrogens with zero attached hydrogens (tertiary/aromatic N) is 1.